The SMILES string of the molecule is COC(=O)CSC1=CCC(C(=O)OC)=CN1. The van der Waals surface area contributed by atoms with Crippen molar-refractivity contribution in [2.75, 3.05) is 20.0 Å². The first-order chi connectivity index (χ1) is 7.67. The maximum atomic E-state index is 11.1. The highest BCUT2D eigenvalue weighted by molar-refractivity contribution is 8.03. The lowest BCUT2D eigenvalue weighted by atomic mass is 10.2. The number of hydrogen-bond acceptors (Lipinski definition) is 6. The van der Waals surface area contributed by atoms with Crippen LogP contribution in [-0.2, 0) is 19.1 Å². The summed E-state index contributed by atoms with van der Waals surface area (Å²) in [6.07, 6.45) is 3.93. The minimum absolute atomic E-state index is 0.247. The Labute approximate surface area is 97.9 Å². The number of esters is 2. The number of allylic oxidation sites excluding steroid dienone is 1. The monoisotopic (exact) mass is 243 g/mol. The minimum Gasteiger partial charge on any atom is -0.468 e. The first-order valence-electron chi connectivity index (χ1n) is 4.61. The van der Waals surface area contributed by atoms with Gasteiger partial charge in [0.05, 0.1) is 30.6 Å². The molecule has 5 nitrogen and oxygen atoms in total. The van der Waals surface area contributed by atoms with Gasteiger partial charge in [-0.2, -0.15) is 0 Å². The maximum absolute atomic E-state index is 11.1. The van der Waals surface area contributed by atoms with Gasteiger partial charge < -0.3 is 14.8 Å². The van der Waals surface area contributed by atoms with E-state index in [9.17, 15) is 9.59 Å². The fourth-order valence-electron chi connectivity index (χ4n) is 1.05. The molecule has 0 bridgehead atoms. The van der Waals surface area contributed by atoms with Crippen LogP contribution in [0.15, 0.2) is 22.9 Å². The normalized spacial score (nSPS) is 14.4. The van der Waals surface area contributed by atoms with E-state index in [1.54, 1.807) is 6.20 Å². The fraction of sp³-hybridized carbons (Fsp3) is 0.400. The van der Waals surface area contributed by atoms with Crippen LogP contribution in [0.4, 0.5) is 0 Å². The second kappa shape index (κ2) is 6.22. The van der Waals surface area contributed by atoms with E-state index in [2.05, 4.69) is 14.8 Å². The Kier molecular flexibility index (Phi) is 4.91. The summed E-state index contributed by atoms with van der Waals surface area (Å²) in [6.45, 7) is 0. The lowest BCUT2D eigenvalue weighted by molar-refractivity contribution is -0.137. The highest BCUT2D eigenvalue weighted by atomic mass is 32.2. The summed E-state index contributed by atoms with van der Waals surface area (Å²) < 4.78 is 9.10. The molecule has 16 heavy (non-hydrogen) atoms. The molecule has 1 aliphatic rings. The van der Waals surface area contributed by atoms with Crippen molar-refractivity contribution < 1.29 is 19.1 Å². The number of nitrogens with one attached hydrogen (secondary N) is 1. The zero-order valence-electron chi connectivity index (χ0n) is 9.11. The van der Waals surface area contributed by atoms with Gasteiger partial charge >= 0.3 is 11.9 Å². The van der Waals surface area contributed by atoms with Crippen LogP contribution in [0.5, 0.6) is 0 Å². The van der Waals surface area contributed by atoms with Gasteiger partial charge in [0.15, 0.2) is 0 Å². The van der Waals surface area contributed by atoms with Crippen LogP contribution in [0.3, 0.4) is 0 Å². The molecule has 0 radical (unpaired) electrons. The molecule has 0 aromatic carbocycles. The van der Waals surface area contributed by atoms with E-state index in [4.69, 9.17) is 0 Å². The van der Waals surface area contributed by atoms with Crippen molar-refractivity contribution in [1.29, 1.82) is 0 Å². The Hall–Kier alpha value is -1.43. The summed E-state index contributed by atoms with van der Waals surface area (Å²) in [6, 6.07) is 0. The van der Waals surface area contributed by atoms with Crippen molar-refractivity contribution in [2.24, 2.45) is 0 Å². The van der Waals surface area contributed by atoms with Gasteiger partial charge in [-0.1, -0.05) is 11.8 Å². The van der Waals surface area contributed by atoms with E-state index in [1.165, 1.54) is 26.0 Å². The Morgan fingerprint density at radius 3 is 2.69 bits per heavy atom. The smallest absolute Gasteiger partial charge is 0.335 e. The highest BCUT2D eigenvalue weighted by Crippen LogP contribution is 2.19. The van der Waals surface area contributed by atoms with E-state index in [0.29, 0.717) is 12.0 Å². The van der Waals surface area contributed by atoms with Gasteiger partial charge in [0, 0.05) is 12.6 Å². The van der Waals surface area contributed by atoms with E-state index >= 15 is 0 Å². The minimum atomic E-state index is -0.347. The number of thioether (sulfide) groups is 1. The molecule has 0 fully saturated rings. The predicted molar refractivity (Wildman–Crippen MR) is 60.4 cm³/mol. The predicted octanol–water partition coefficient (Wildman–Crippen LogP) is 0.784. The first kappa shape index (κ1) is 12.6. The van der Waals surface area contributed by atoms with Gasteiger partial charge in [-0.05, 0) is 6.08 Å². The van der Waals surface area contributed by atoms with Crippen LogP contribution in [0.25, 0.3) is 0 Å². The van der Waals surface area contributed by atoms with Crippen molar-refractivity contribution in [3.05, 3.63) is 22.9 Å². The van der Waals surface area contributed by atoms with Crippen LogP contribution in [-0.4, -0.2) is 31.9 Å². The summed E-state index contributed by atoms with van der Waals surface area (Å²) >= 11 is 1.33. The Bertz CT molecular complexity index is 349. The third-order valence-electron chi connectivity index (χ3n) is 1.92. The van der Waals surface area contributed by atoms with Crippen molar-refractivity contribution in [1.82, 2.24) is 5.32 Å². The number of carbonyl (C=O) groups excluding carboxylic acids is 2. The van der Waals surface area contributed by atoms with E-state index in [-0.39, 0.29) is 17.7 Å². The molecular weight excluding hydrogens is 230 g/mol. The summed E-state index contributed by atoms with van der Waals surface area (Å²) in [5.41, 5.74) is 0.560. The molecule has 0 aromatic heterocycles. The molecule has 0 saturated heterocycles. The van der Waals surface area contributed by atoms with Crippen LogP contribution in [0.2, 0.25) is 0 Å². The van der Waals surface area contributed by atoms with Crippen LogP contribution in [0, 0.1) is 0 Å². The molecule has 0 aliphatic carbocycles. The van der Waals surface area contributed by atoms with Crippen molar-refractivity contribution in [3.63, 3.8) is 0 Å². The fourth-order valence-corrected chi connectivity index (χ4v) is 1.78. The lowest BCUT2D eigenvalue weighted by Gasteiger charge is -2.13. The van der Waals surface area contributed by atoms with Crippen LogP contribution >= 0.6 is 11.8 Å². The summed E-state index contributed by atoms with van der Waals surface area (Å²) in [7, 11) is 2.69. The van der Waals surface area contributed by atoms with Crippen molar-refractivity contribution in [3.8, 4) is 0 Å². The maximum Gasteiger partial charge on any atom is 0.335 e. The molecule has 0 spiro atoms. The van der Waals surface area contributed by atoms with Crippen LogP contribution < -0.4 is 5.32 Å². The molecule has 0 saturated carbocycles. The number of rotatable bonds is 4. The topological polar surface area (TPSA) is 64.6 Å². The van der Waals surface area contributed by atoms with Gasteiger partial charge in [0.1, 0.15) is 0 Å². The molecule has 1 aliphatic heterocycles. The largest absolute Gasteiger partial charge is 0.468 e. The quantitative estimate of drug-likeness (QED) is 0.736. The zero-order chi connectivity index (χ0) is 12.0. The van der Waals surface area contributed by atoms with Gasteiger partial charge in [-0.15, -0.1) is 0 Å². The summed E-state index contributed by atoms with van der Waals surface area (Å²) in [5, 5.41) is 3.75. The Morgan fingerprint density at radius 1 is 1.44 bits per heavy atom. The molecule has 6 heteroatoms. The molecule has 0 unspecified atom stereocenters. The first-order valence-corrected chi connectivity index (χ1v) is 5.59. The second-order valence-electron chi connectivity index (χ2n) is 2.94. The van der Waals surface area contributed by atoms with E-state index in [0.717, 1.165) is 5.03 Å². The van der Waals surface area contributed by atoms with Gasteiger partial charge in [-0.25, -0.2) is 4.79 Å². The molecule has 1 heterocycles. The Morgan fingerprint density at radius 2 is 2.19 bits per heavy atom. The summed E-state index contributed by atoms with van der Waals surface area (Å²) in [4.78, 5) is 22.0. The molecular formula is C10H13NO4S. The highest BCUT2D eigenvalue weighted by Gasteiger charge is 2.13. The van der Waals surface area contributed by atoms with Crippen LogP contribution in [0.1, 0.15) is 6.42 Å². The number of dihydropyridines is 1. The van der Waals surface area contributed by atoms with Crippen molar-refractivity contribution in [2.45, 2.75) is 6.42 Å². The Balaban J connectivity index is 2.38. The molecule has 0 amide bonds. The third kappa shape index (κ3) is 3.62. The molecule has 0 aromatic rings. The average Bonchev–Trinajstić information content (AvgIpc) is 2.35. The molecule has 88 valence electrons. The average molecular weight is 243 g/mol. The molecule has 1 N–H and O–H groups in total. The lowest BCUT2D eigenvalue weighted by Crippen LogP contribution is -2.15. The van der Waals surface area contributed by atoms with Crippen molar-refractivity contribution >= 4 is 23.7 Å². The second-order valence-corrected chi connectivity index (χ2v) is 3.96. The van der Waals surface area contributed by atoms with Gasteiger partial charge in [0.2, 0.25) is 0 Å². The third-order valence-corrected chi connectivity index (χ3v) is 2.89. The van der Waals surface area contributed by atoms with E-state index in [1.807, 2.05) is 6.08 Å². The standard InChI is InChI=1S/C10H13NO4S/c1-14-9(12)6-16-8-4-3-7(5-11-8)10(13)15-2/h4-5,11H,3,6H2,1-2H3. The molecule has 1 rings (SSSR count). The number of hydrogen-bond donors (Lipinski definition) is 1. The number of methoxy groups -OCH3 is 2. The van der Waals surface area contributed by atoms with E-state index < -0.39 is 0 Å². The summed E-state index contributed by atoms with van der Waals surface area (Å²) in [5.74, 6) is -0.382. The number of carbonyl (C=O) groups is 2. The number of ether oxygens (including phenoxy) is 2. The zero-order valence-corrected chi connectivity index (χ0v) is 9.93. The van der Waals surface area contributed by atoms with Gasteiger partial charge in [-0.3, -0.25) is 4.79 Å². The molecule has 0 atom stereocenters. The van der Waals surface area contributed by atoms with Gasteiger partial charge in [0.25, 0.3) is 0 Å².